The number of ether oxygens (including phenoxy) is 2. The van der Waals surface area contributed by atoms with E-state index in [4.69, 9.17) is 14.0 Å². The summed E-state index contributed by atoms with van der Waals surface area (Å²) in [4.78, 5) is -0.141. The topological polar surface area (TPSA) is 72.8 Å². The normalized spacial score (nSPS) is 11.1. The van der Waals surface area contributed by atoms with Crippen LogP contribution in [-0.2, 0) is 10.1 Å². The van der Waals surface area contributed by atoms with Crippen LogP contribution in [0.4, 0.5) is 0 Å². The van der Waals surface area contributed by atoms with Crippen molar-refractivity contribution in [3.05, 3.63) is 60.7 Å². The van der Waals surface area contributed by atoms with Gasteiger partial charge in [0.15, 0.2) is 0 Å². The molecule has 0 amide bonds. The Bertz CT molecular complexity index is 764. The predicted molar refractivity (Wildman–Crippen MR) is 97.6 cm³/mol. The van der Waals surface area contributed by atoms with Crippen molar-refractivity contribution < 1.29 is 22.4 Å². The molecule has 2 rings (SSSR count). The fourth-order valence-corrected chi connectivity index (χ4v) is 2.65. The lowest BCUT2D eigenvalue weighted by atomic mass is 10.2. The number of hydrogen-bond acceptors (Lipinski definition) is 4. The smallest absolute Gasteiger partial charge is 0.294 e. The van der Waals surface area contributed by atoms with Crippen LogP contribution in [0.15, 0.2) is 60.0 Å². The van der Waals surface area contributed by atoms with Crippen LogP contribution in [0.5, 0.6) is 11.5 Å². The monoisotopic (exact) mass is 362 g/mol. The number of rotatable bonds is 10. The van der Waals surface area contributed by atoms with Crippen molar-refractivity contribution in [2.24, 2.45) is 0 Å². The molecule has 25 heavy (non-hydrogen) atoms. The minimum Gasteiger partial charge on any atom is -0.494 e. The fourth-order valence-electron chi connectivity index (χ4n) is 2.17. The van der Waals surface area contributed by atoms with Crippen molar-refractivity contribution in [3.8, 4) is 11.5 Å². The van der Waals surface area contributed by atoms with E-state index in [1.165, 1.54) is 24.3 Å². The van der Waals surface area contributed by atoms with Gasteiger partial charge in [0.1, 0.15) is 11.5 Å². The fraction of sp³-hybridized carbons (Fsp3) is 0.263. The molecular formula is C19H22O5S. The molecule has 0 spiro atoms. The van der Waals surface area contributed by atoms with Crippen molar-refractivity contribution in [1.82, 2.24) is 0 Å². The van der Waals surface area contributed by atoms with E-state index in [0.717, 1.165) is 30.6 Å². The summed E-state index contributed by atoms with van der Waals surface area (Å²) < 4.78 is 42.0. The molecule has 0 unspecified atom stereocenters. The van der Waals surface area contributed by atoms with E-state index in [0.29, 0.717) is 19.0 Å². The van der Waals surface area contributed by atoms with Crippen LogP contribution in [0.25, 0.3) is 6.08 Å². The van der Waals surface area contributed by atoms with Gasteiger partial charge in [-0.05, 0) is 61.2 Å². The van der Waals surface area contributed by atoms with E-state index in [-0.39, 0.29) is 4.90 Å². The van der Waals surface area contributed by atoms with Crippen molar-refractivity contribution in [1.29, 1.82) is 0 Å². The van der Waals surface area contributed by atoms with E-state index >= 15 is 0 Å². The molecule has 0 radical (unpaired) electrons. The third-order valence-electron chi connectivity index (χ3n) is 3.56. The van der Waals surface area contributed by atoms with Gasteiger partial charge in [-0.1, -0.05) is 24.8 Å². The summed E-state index contributed by atoms with van der Waals surface area (Å²) in [5.41, 5.74) is 1.06. The zero-order valence-corrected chi connectivity index (χ0v) is 14.7. The zero-order chi connectivity index (χ0) is 18.1. The van der Waals surface area contributed by atoms with Crippen molar-refractivity contribution in [2.45, 2.75) is 24.2 Å². The first-order valence-electron chi connectivity index (χ1n) is 8.05. The molecule has 1 N–H and O–H groups in total. The molecule has 0 saturated carbocycles. The van der Waals surface area contributed by atoms with Crippen molar-refractivity contribution in [2.75, 3.05) is 13.2 Å². The highest BCUT2D eigenvalue weighted by Gasteiger charge is 2.08. The Labute approximate surface area is 148 Å². The van der Waals surface area contributed by atoms with Crippen LogP contribution >= 0.6 is 0 Å². The number of unbranched alkanes of at least 4 members (excludes halogenated alkanes) is 2. The van der Waals surface area contributed by atoms with Gasteiger partial charge in [0, 0.05) is 0 Å². The Balaban J connectivity index is 1.59. The van der Waals surface area contributed by atoms with E-state index in [1.54, 1.807) is 6.08 Å². The number of hydrogen-bond donors (Lipinski definition) is 1. The summed E-state index contributed by atoms with van der Waals surface area (Å²) in [6.45, 7) is 4.90. The maximum Gasteiger partial charge on any atom is 0.294 e. The van der Waals surface area contributed by atoms with Gasteiger partial charge < -0.3 is 9.47 Å². The lowest BCUT2D eigenvalue weighted by Crippen LogP contribution is -2.01. The average molecular weight is 362 g/mol. The van der Waals surface area contributed by atoms with Gasteiger partial charge in [0.25, 0.3) is 10.1 Å². The Kier molecular flexibility index (Phi) is 7.03. The number of benzene rings is 2. The minimum absolute atomic E-state index is 0.141. The molecule has 0 atom stereocenters. The standard InChI is InChI=1S/C19H22O5S/c1-2-16-6-8-17(9-7-16)23-14-4-3-5-15-24-18-10-12-19(13-11-18)25(20,21)22/h2,6-13H,1,3-5,14-15H2,(H,20,21,22). The third kappa shape index (κ3) is 6.60. The highest BCUT2D eigenvalue weighted by molar-refractivity contribution is 7.85. The average Bonchev–Trinajstić information content (AvgIpc) is 2.61. The van der Waals surface area contributed by atoms with Crippen molar-refractivity contribution >= 4 is 16.2 Å². The summed E-state index contributed by atoms with van der Waals surface area (Å²) in [7, 11) is -4.16. The Morgan fingerprint density at radius 2 is 1.32 bits per heavy atom. The molecule has 0 aliphatic rings. The summed E-state index contributed by atoms with van der Waals surface area (Å²) in [6.07, 6.45) is 4.56. The van der Waals surface area contributed by atoms with Gasteiger partial charge in [-0.15, -0.1) is 0 Å². The van der Waals surface area contributed by atoms with Gasteiger partial charge >= 0.3 is 0 Å². The first-order chi connectivity index (χ1) is 12.0. The molecule has 2 aromatic rings. The van der Waals surface area contributed by atoms with Crippen molar-refractivity contribution in [3.63, 3.8) is 0 Å². The zero-order valence-electron chi connectivity index (χ0n) is 13.9. The molecule has 0 bridgehead atoms. The molecular weight excluding hydrogens is 340 g/mol. The molecule has 0 heterocycles. The highest BCUT2D eigenvalue weighted by atomic mass is 32.2. The van der Waals surface area contributed by atoms with Gasteiger partial charge in [0.2, 0.25) is 0 Å². The van der Waals surface area contributed by atoms with E-state index in [2.05, 4.69) is 6.58 Å². The van der Waals surface area contributed by atoms with Crippen LogP contribution in [0.3, 0.4) is 0 Å². The van der Waals surface area contributed by atoms with Gasteiger partial charge in [-0.3, -0.25) is 4.55 Å². The van der Waals surface area contributed by atoms with Gasteiger partial charge in [0.05, 0.1) is 18.1 Å². The molecule has 0 saturated heterocycles. The molecule has 134 valence electrons. The molecule has 5 nitrogen and oxygen atoms in total. The third-order valence-corrected chi connectivity index (χ3v) is 4.43. The molecule has 6 heteroatoms. The Morgan fingerprint density at radius 1 is 0.840 bits per heavy atom. The van der Waals surface area contributed by atoms with E-state index in [9.17, 15) is 8.42 Å². The molecule has 0 aromatic heterocycles. The molecule has 2 aromatic carbocycles. The highest BCUT2D eigenvalue weighted by Crippen LogP contribution is 2.16. The lowest BCUT2D eigenvalue weighted by Gasteiger charge is -2.08. The Hall–Kier alpha value is -2.31. The van der Waals surface area contributed by atoms with Crippen LogP contribution in [0.1, 0.15) is 24.8 Å². The summed E-state index contributed by atoms with van der Waals surface area (Å²) in [6, 6.07) is 13.5. The van der Waals surface area contributed by atoms with Gasteiger partial charge in [-0.25, -0.2) is 0 Å². The Morgan fingerprint density at radius 3 is 1.76 bits per heavy atom. The second-order valence-corrected chi connectivity index (χ2v) is 6.90. The summed E-state index contributed by atoms with van der Waals surface area (Å²) >= 11 is 0. The maximum absolute atomic E-state index is 10.9. The second-order valence-electron chi connectivity index (χ2n) is 5.48. The van der Waals surface area contributed by atoms with Crippen LogP contribution in [0, 0.1) is 0 Å². The minimum atomic E-state index is -4.16. The first kappa shape index (κ1) is 19.0. The lowest BCUT2D eigenvalue weighted by molar-refractivity contribution is 0.279. The largest absolute Gasteiger partial charge is 0.494 e. The predicted octanol–water partition coefficient (Wildman–Crippen LogP) is 4.20. The van der Waals surface area contributed by atoms with Gasteiger partial charge in [-0.2, -0.15) is 8.42 Å². The van der Waals surface area contributed by atoms with Crippen LogP contribution in [-0.4, -0.2) is 26.2 Å². The van der Waals surface area contributed by atoms with Crippen LogP contribution < -0.4 is 9.47 Å². The first-order valence-corrected chi connectivity index (χ1v) is 9.49. The molecule has 0 aliphatic heterocycles. The maximum atomic E-state index is 10.9. The van der Waals surface area contributed by atoms with E-state index < -0.39 is 10.1 Å². The van der Waals surface area contributed by atoms with Crippen LogP contribution in [0.2, 0.25) is 0 Å². The van der Waals surface area contributed by atoms with E-state index in [1.807, 2.05) is 24.3 Å². The summed E-state index contributed by atoms with van der Waals surface area (Å²) in [5.74, 6) is 1.42. The molecule has 0 fully saturated rings. The quantitative estimate of drug-likeness (QED) is 0.506. The second kappa shape index (κ2) is 9.25. The molecule has 0 aliphatic carbocycles. The summed E-state index contributed by atoms with van der Waals surface area (Å²) in [5, 5.41) is 0. The SMILES string of the molecule is C=Cc1ccc(OCCCCCOc2ccc(S(=O)(=O)O)cc2)cc1.